The Bertz CT molecular complexity index is 729. The third kappa shape index (κ3) is 8.00. The topological polar surface area (TPSA) is 105 Å². The number of benzene rings is 2. The van der Waals surface area contributed by atoms with E-state index in [4.69, 9.17) is 20.9 Å². The summed E-state index contributed by atoms with van der Waals surface area (Å²) in [6.07, 6.45) is 0.200. The maximum absolute atomic E-state index is 11.7. The molecule has 0 fully saturated rings. The zero-order chi connectivity index (χ0) is 18.2. The van der Waals surface area contributed by atoms with Crippen LogP contribution in [-0.4, -0.2) is 51.2 Å². The molecule has 1 atom stereocenters. The molecule has 1 amide bonds. The number of nitrogens with two attached hydrogens (primary N) is 2. The normalized spacial score (nSPS) is 11.0. The molecule has 0 aliphatic rings. The van der Waals surface area contributed by atoms with Gasteiger partial charge in [0.2, 0.25) is 5.91 Å². The van der Waals surface area contributed by atoms with Crippen LogP contribution in [0.3, 0.4) is 0 Å². The van der Waals surface area contributed by atoms with Crippen molar-refractivity contribution < 1.29 is 19.0 Å². The molecular formula is C17H19BIInN2O4. The first-order valence-electron chi connectivity index (χ1n) is 7.55. The summed E-state index contributed by atoms with van der Waals surface area (Å²) >= 11 is 2.23. The van der Waals surface area contributed by atoms with Crippen LogP contribution in [0.4, 0.5) is 0 Å². The second-order valence-electron chi connectivity index (χ2n) is 5.29. The van der Waals surface area contributed by atoms with E-state index in [9.17, 15) is 9.59 Å². The number of halogens is 1. The number of hydrogen-bond donors (Lipinski definition) is 2. The zero-order valence-corrected chi connectivity index (χ0v) is 22.2. The van der Waals surface area contributed by atoms with Gasteiger partial charge in [-0.3, -0.25) is 9.59 Å². The van der Waals surface area contributed by atoms with Gasteiger partial charge in [0.25, 0.3) is 0 Å². The van der Waals surface area contributed by atoms with E-state index in [1.165, 1.54) is 7.48 Å². The Labute approximate surface area is 185 Å². The summed E-state index contributed by atoms with van der Waals surface area (Å²) in [4.78, 5) is 22.4. The minimum atomic E-state index is -0.882. The molecule has 0 saturated carbocycles. The number of rotatable bonds is 8. The first kappa shape index (κ1) is 22.8. The maximum atomic E-state index is 11.7. The van der Waals surface area contributed by atoms with Crippen molar-refractivity contribution in [2.24, 2.45) is 11.5 Å². The Kier molecular flexibility index (Phi) is 10.1. The van der Waals surface area contributed by atoms with Crippen molar-refractivity contribution in [2.45, 2.75) is 18.9 Å². The summed E-state index contributed by atoms with van der Waals surface area (Å²) < 4.78 is 11.9. The Morgan fingerprint density at radius 1 is 1.04 bits per heavy atom. The van der Waals surface area contributed by atoms with Crippen molar-refractivity contribution in [3.8, 4) is 11.5 Å². The van der Waals surface area contributed by atoms with Gasteiger partial charge in [-0.15, -0.1) is 0 Å². The number of amides is 1. The molecule has 1 unspecified atom stereocenters. The Balaban J connectivity index is 0.00000338. The van der Waals surface area contributed by atoms with Gasteiger partial charge in [0.1, 0.15) is 17.5 Å². The van der Waals surface area contributed by atoms with Gasteiger partial charge in [0.15, 0.2) is 0 Å². The fraction of sp³-hybridized carbons (Fsp3) is 0.176. The van der Waals surface area contributed by atoms with Gasteiger partial charge in [-0.2, -0.15) is 0 Å². The quantitative estimate of drug-likeness (QED) is 0.358. The average Bonchev–Trinajstić information content (AvgIpc) is 2.60. The van der Waals surface area contributed by atoms with Crippen LogP contribution in [0, 0.1) is 3.57 Å². The summed E-state index contributed by atoms with van der Waals surface area (Å²) in [7, 11) is 1.31. The summed E-state index contributed by atoms with van der Waals surface area (Å²) in [6.45, 7) is 0. The second kappa shape index (κ2) is 11.5. The standard InChI is InChI=1S/C17H17BIN2O4.In.2H/c19-12-3-7-14(8-4-12)24-13-5-1-11(2-6-13)18-25-17(23)15(20)9-10-16(21)22;;;/h1-8,15H,9-10,20H2,(H2,21,22);;;. The molecular weight excluding hydrogens is 549 g/mol. The predicted molar refractivity (Wildman–Crippen MR) is 112 cm³/mol. The van der Waals surface area contributed by atoms with Crippen LogP contribution in [0.2, 0.25) is 0 Å². The molecule has 134 valence electrons. The van der Waals surface area contributed by atoms with Crippen LogP contribution in [0.5, 0.6) is 11.5 Å². The van der Waals surface area contributed by atoms with Gasteiger partial charge in [-0.1, -0.05) is 12.1 Å². The van der Waals surface area contributed by atoms with E-state index in [-0.39, 0.29) is 38.7 Å². The second-order valence-corrected chi connectivity index (χ2v) is 6.54. The van der Waals surface area contributed by atoms with E-state index in [1.54, 1.807) is 24.3 Å². The van der Waals surface area contributed by atoms with E-state index in [1.807, 2.05) is 24.3 Å². The third-order valence-corrected chi connectivity index (χ3v) is 3.96. The van der Waals surface area contributed by atoms with E-state index < -0.39 is 17.9 Å². The van der Waals surface area contributed by atoms with Gasteiger partial charge in [-0.25, -0.2) is 0 Å². The Hall–Kier alpha value is -1.19. The number of carbonyl (C=O) groups excluding carboxylic acids is 2. The van der Waals surface area contributed by atoms with Crippen LogP contribution in [0.1, 0.15) is 12.8 Å². The molecule has 2 aromatic carbocycles. The van der Waals surface area contributed by atoms with Crippen LogP contribution in [-0.2, 0) is 14.2 Å². The molecule has 2 radical (unpaired) electrons. The number of ether oxygens (including phenoxy) is 1. The van der Waals surface area contributed by atoms with Gasteiger partial charge >= 0.3 is 39.3 Å². The fourth-order valence-corrected chi connectivity index (χ4v) is 2.24. The number of hydrogen-bond acceptors (Lipinski definition) is 5. The number of primary amides is 1. The van der Waals surface area contributed by atoms with Crippen molar-refractivity contribution in [3.05, 3.63) is 52.1 Å². The SMILES string of the molecule is NC(=O)CCC(N)C(=O)O[B]c1ccc(Oc2ccc(I)cc2)cc1.[InH2]. The molecule has 0 bridgehead atoms. The van der Waals surface area contributed by atoms with Gasteiger partial charge in [-0.05, 0) is 70.9 Å². The van der Waals surface area contributed by atoms with Crippen molar-refractivity contribution in [2.75, 3.05) is 0 Å². The first-order valence-corrected chi connectivity index (χ1v) is 8.63. The van der Waals surface area contributed by atoms with Crippen molar-refractivity contribution in [1.82, 2.24) is 0 Å². The molecule has 6 nitrogen and oxygen atoms in total. The van der Waals surface area contributed by atoms with Gasteiger partial charge in [0, 0.05) is 9.99 Å². The Morgan fingerprint density at radius 3 is 2.12 bits per heavy atom. The molecule has 26 heavy (non-hydrogen) atoms. The van der Waals surface area contributed by atoms with Crippen LogP contribution >= 0.6 is 22.6 Å². The van der Waals surface area contributed by atoms with Crippen LogP contribution < -0.4 is 21.7 Å². The van der Waals surface area contributed by atoms with Crippen LogP contribution in [0.25, 0.3) is 0 Å². The minimum absolute atomic E-state index is 0. The molecule has 4 N–H and O–H groups in total. The van der Waals surface area contributed by atoms with Crippen molar-refractivity contribution in [3.63, 3.8) is 0 Å². The van der Waals surface area contributed by atoms with Crippen molar-refractivity contribution >= 4 is 73.3 Å². The molecule has 9 heteroatoms. The monoisotopic (exact) mass is 568 g/mol. The molecule has 2 rings (SSSR count). The van der Waals surface area contributed by atoms with Crippen molar-refractivity contribution in [1.29, 1.82) is 0 Å². The predicted octanol–water partition coefficient (Wildman–Crippen LogP) is 0.548. The van der Waals surface area contributed by atoms with Gasteiger partial charge in [0.05, 0.1) is 0 Å². The van der Waals surface area contributed by atoms with Gasteiger partial charge < -0.3 is 20.9 Å². The van der Waals surface area contributed by atoms with E-state index in [0.29, 0.717) is 11.2 Å². The summed E-state index contributed by atoms with van der Waals surface area (Å²) in [6, 6.07) is 13.8. The Morgan fingerprint density at radius 2 is 1.58 bits per heavy atom. The first-order chi connectivity index (χ1) is 11.9. The third-order valence-electron chi connectivity index (χ3n) is 3.25. The molecule has 0 spiro atoms. The van der Waals surface area contributed by atoms with E-state index in [2.05, 4.69) is 22.6 Å². The molecule has 0 aliphatic carbocycles. The number of carbonyl (C=O) groups is 2. The summed E-state index contributed by atoms with van der Waals surface area (Å²) in [5.41, 5.74) is 11.3. The molecule has 0 heterocycles. The molecule has 2 aromatic rings. The van der Waals surface area contributed by atoms with E-state index >= 15 is 0 Å². The summed E-state index contributed by atoms with van der Waals surface area (Å²) in [5.74, 6) is 0.295. The van der Waals surface area contributed by atoms with E-state index in [0.717, 1.165) is 9.32 Å². The average molecular weight is 568 g/mol. The molecule has 0 saturated heterocycles. The fourth-order valence-electron chi connectivity index (χ4n) is 1.88. The molecule has 0 aliphatic heterocycles. The molecule has 0 aromatic heterocycles. The summed E-state index contributed by atoms with van der Waals surface area (Å²) in [5, 5.41) is 0. The zero-order valence-electron chi connectivity index (χ0n) is 14.4. The van der Waals surface area contributed by atoms with Crippen LogP contribution in [0.15, 0.2) is 48.5 Å².